The maximum absolute atomic E-state index is 13.3. The summed E-state index contributed by atoms with van der Waals surface area (Å²) in [6.45, 7) is 0. The van der Waals surface area contributed by atoms with E-state index in [4.69, 9.17) is 11.6 Å². The van der Waals surface area contributed by atoms with Crippen molar-refractivity contribution in [2.75, 3.05) is 5.32 Å². The Hall–Kier alpha value is -3.70. The van der Waals surface area contributed by atoms with Crippen molar-refractivity contribution < 1.29 is 9.59 Å². The van der Waals surface area contributed by atoms with Crippen LogP contribution < -0.4 is 5.32 Å². The number of carbonyl (C=O) groups is 2. The van der Waals surface area contributed by atoms with Crippen LogP contribution in [0.25, 0.3) is 0 Å². The number of aromatic nitrogens is 2. The third-order valence-corrected chi connectivity index (χ3v) is 4.94. The Labute approximate surface area is 179 Å². The van der Waals surface area contributed by atoms with E-state index < -0.39 is 6.04 Å². The quantitative estimate of drug-likeness (QED) is 0.451. The lowest BCUT2D eigenvalue weighted by atomic mass is 10.0. The Kier molecular flexibility index (Phi) is 5.72. The Morgan fingerprint density at radius 1 is 0.933 bits per heavy atom. The standard InChI is InChI=1S/C24H18ClN3O2/c25-19-11-12-21(20(15-19)23(29)18-9-5-2-6-10-18)27-24(30)22(28-14-13-26-16-28)17-7-3-1-4-8-17/h1-16,22H,(H,27,30). The summed E-state index contributed by atoms with van der Waals surface area (Å²) in [6.07, 6.45) is 4.94. The molecule has 0 spiro atoms. The monoisotopic (exact) mass is 415 g/mol. The van der Waals surface area contributed by atoms with Crippen LogP contribution in [0.3, 0.4) is 0 Å². The highest BCUT2D eigenvalue weighted by Gasteiger charge is 2.24. The smallest absolute Gasteiger partial charge is 0.252 e. The molecule has 3 aromatic carbocycles. The first-order valence-corrected chi connectivity index (χ1v) is 9.74. The fourth-order valence-electron chi connectivity index (χ4n) is 3.28. The number of nitrogens with one attached hydrogen (secondary N) is 1. The number of hydrogen-bond acceptors (Lipinski definition) is 3. The van der Waals surface area contributed by atoms with Gasteiger partial charge in [0, 0.05) is 28.5 Å². The first-order valence-electron chi connectivity index (χ1n) is 9.36. The van der Waals surface area contributed by atoms with Crippen LogP contribution in [0, 0.1) is 0 Å². The minimum absolute atomic E-state index is 0.215. The van der Waals surface area contributed by atoms with Crippen LogP contribution in [0.15, 0.2) is 97.6 Å². The fraction of sp³-hybridized carbons (Fsp3) is 0.0417. The molecule has 0 saturated carbocycles. The minimum Gasteiger partial charge on any atom is -0.323 e. The summed E-state index contributed by atoms with van der Waals surface area (Å²) in [5.74, 6) is -0.504. The molecule has 1 heterocycles. The van der Waals surface area contributed by atoms with Gasteiger partial charge in [-0.3, -0.25) is 9.59 Å². The molecular weight excluding hydrogens is 398 g/mol. The van der Waals surface area contributed by atoms with Crippen molar-refractivity contribution in [2.24, 2.45) is 0 Å². The second-order valence-electron chi connectivity index (χ2n) is 6.70. The molecule has 1 unspecified atom stereocenters. The van der Waals surface area contributed by atoms with Crippen LogP contribution in [0.4, 0.5) is 5.69 Å². The third-order valence-electron chi connectivity index (χ3n) is 4.71. The van der Waals surface area contributed by atoms with Gasteiger partial charge in [-0.1, -0.05) is 72.3 Å². The highest BCUT2D eigenvalue weighted by molar-refractivity contribution is 6.31. The maximum Gasteiger partial charge on any atom is 0.252 e. The summed E-state index contributed by atoms with van der Waals surface area (Å²) < 4.78 is 1.72. The summed E-state index contributed by atoms with van der Waals surface area (Å²) in [5, 5.41) is 3.33. The van der Waals surface area contributed by atoms with Gasteiger partial charge in [-0.15, -0.1) is 0 Å². The molecule has 1 atom stereocenters. The van der Waals surface area contributed by atoms with Crippen LogP contribution in [0.2, 0.25) is 5.02 Å². The van der Waals surface area contributed by atoms with Gasteiger partial charge in [0.25, 0.3) is 5.91 Å². The van der Waals surface area contributed by atoms with Crippen molar-refractivity contribution in [1.82, 2.24) is 9.55 Å². The number of ketones is 1. The summed E-state index contributed by atoms with van der Waals surface area (Å²) in [7, 11) is 0. The topological polar surface area (TPSA) is 64.0 Å². The fourth-order valence-corrected chi connectivity index (χ4v) is 3.45. The highest BCUT2D eigenvalue weighted by Crippen LogP contribution is 2.26. The molecule has 4 aromatic rings. The molecule has 0 aliphatic rings. The summed E-state index contributed by atoms with van der Waals surface area (Å²) >= 11 is 6.15. The van der Waals surface area contributed by atoms with E-state index in [1.54, 1.807) is 65.8 Å². The lowest BCUT2D eigenvalue weighted by molar-refractivity contribution is -0.118. The number of hydrogen-bond donors (Lipinski definition) is 1. The number of benzene rings is 3. The van der Waals surface area contributed by atoms with Crippen molar-refractivity contribution in [2.45, 2.75) is 6.04 Å². The van der Waals surface area contributed by atoms with E-state index in [1.807, 2.05) is 36.4 Å². The molecule has 5 nitrogen and oxygen atoms in total. The van der Waals surface area contributed by atoms with Gasteiger partial charge in [0.15, 0.2) is 5.78 Å². The number of halogens is 1. The largest absolute Gasteiger partial charge is 0.323 e. The van der Waals surface area contributed by atoms with Gasteiger partial charge in [0.2, 0.25) is 0 Å². The number of imidazole rings is 1. The van der Waals surface area contributed by atoms with E-state index in [0.29, 0.717) is 21.8 Å². The molecule has 0 saturated heterocycles. The molecule has 0 aliphatic heterocycles. The molecule has 4 rings (SSSR count). The minimum atomic E-state index is -0.635. The summed E-state index contributed by atoms with van der Waals surface area (Å²) in [4.78, 5) is 30.4. The second kappa shape index (κ2) is 8.76. The zero-order valence-corrected chi connectivity index (χ0v) is 16.7. The molecule has 148 valence electrons. The van der Waals surface area contributed by atoms with Crippen LogP contribution in [-0.4, -0.2) is 21.2 Å². The Bertz CT molecular complexity index is 1160. The van der Waals surface area contributed by atoms with Gasteiger partial charge in [-0.05, 0) is 23.8 Å². The van der Waals surface area contributed by atoms with Gasteiger partial charge in [0.05, 0.1) is 12.0 Å². The lowest BCUT2D eigenvalue weighted by Crippen LogP contribution is -2.27. The molecule has 30 heavy (non-hydrogen) atoms. The van der Waals surface area contributed by atoms with Gasteiger partial charge >= 0.3 is 0 Å². The zero-order chi connectivity index (χ0) is 20.9. The Morgan fingerprint density at radius 2 is 1.63 bits per heavy atom. The van der Waals surface area contributed by atoms with E-state index in [2.05, 4.69) is 10.3 Å². The van der Waals surface area contributed by atoms with Gasteiger partial charge < -0.3 is 9.88 Å². The van der Waals surface area contributed by atoms with Gasteiger partial charge in [-0.2, -0.15) is 0 Å². The van der Waals surface area contributed by atoms with E-state index in [0.717, 1.165) is 5.56 Å². The average molecular weight is 416 g/mol. The second-order valence-corrected chi connectivity index (χ2v) is 7.13. The van der Waals surface area contributed by atoms with Crippen molar-refractivity contribution in [1.29, 1.82) is 0 Å². The number of amides is 1. The van der Waals surface area contributed by atoms with Crippen molar-refractivity contribution in [3.63, 3.8) is 0 Å². The first kappa shape index (κ1) is 19.6. The molecule has 1 aromatic heterocycles. The van der Waals surface area contributed by atoms with Crippen LogP contribution in [0.5, 0.6) is 0 Å². The van der Waals surface area contributed by atoms with Crippen LogP contribution >= 0.6 is 11.6 Å². The molecule has 0 fully saturated rings. The average Bonchev–Trinajstić information content (AvgIpc) is 3.30. The van der Waals surface area contributed by atoms with E-state index in [9.17, 15) is 9.59 Å². The summed E-state index contributed by atoms with van der Waals surface area (Å²) in [6, 6.07) is 22.5. The molecule has 0 bridgehead atoms. The Balaban J connectivity index is 1.70. The molecular formula is C24H18ClN3O2. The van der Waals surface area contributed by atoms with Gasteiger partial charge in [0.1, 0.15) is 6.04 Å². The predicted octanol–water partition coefficient (Wildman–Crippen LogP) is 5.00. The first-order chi connectivity index (χ1) is 14.6. The van der Waals surface area contributed by atoms with Crippen LogP contribution in [-0.2, 0) is 4.79 Å². The van der Waals surface area contributed by atoms with Gasteiger partial charge in [-0.25, -0.2) is 4.98 Å². The van der Waals surface area contributed by atoms with E-state index in [-0.39, 0.29) is 11.7 Å². The van der Waals surface area contributed by atoms with Crippen molar-refractivity contribution >= 4 is 29.0 Å². The number of anilines is 1. The normalized spacial score (nSPS) is 11.6. The molecule has 1 N–H and O–H groups in total. The zero-order valence-electron chi connectivity index (χ0n) is 15.9. The lowest BCUT2D eigenvalue weighted by Gasteiger charge is -2.20. The summed E-state index contributed by atoms with van der Waals surface area (Å²) in [5.41, 5.74) is 2.06. The number of carbonyl (C=O) groups excluding carboxylic acids is 2. The maximum atomic E-state index is 13.3. The van der Waals surface area contributed by atoms with Crippen LogP contribution in [0.1, 0.15) is 27.5 Å². The highest BCUT2D eigenvalue weighted by atomic mass is 35.5. The third kappa shape index (κ3) is 4.16. The number of nitrogens with zero attached hydrogens (tertiary/aromatic N) is 2. The Morgan fingerprint density at radius 3 is 2.30 bits per heavy atom. The molecule has 6 heteroatoms. The molecule has 0 aliphatic carbocycles. The van der Waals surface area contributed by atoms with E-state index >= 15 is 0 Å². The van der Waals surface area contributed by atoms with Crippen molar-refractivity contribution in [3.05, 3.63) is 119 Å². The predicted molar refractivity (Wildman–Crippen MR) is 117 cm³/mol. The van der Waals surface area contributed by atoms with Crippen molar-refractivity contribution in [3.8, 4) is 0 Å². The van der Waals surface area contributed by atoms with E-state index in [1.165, 1.54) is 0 Å². The molecule has 1 amide bonds. The number of rotatable bonds is 6. The molecule has 0 radical (unpaired) electrons. The SMILES string of the molecule is O=C(c1ccccc1)c1cc(Cl)ccc1NC(=O)C(c1ccccc1)n1ccnc1.